The molecule has 92 valence electrons. The van der Waals surface area contributed by atoms with Crippen LogP contribution in [-0.4, -0.2) is 31.5 Å². The van der Waals surface area contributed by atoms with E-state index >= 15 is 0 Å². The highest BCUT2D eigenvalue weighted by Gasteiger charge is 2.03. The number of nitrogens with one attached hydrogen (secondary N) is 1. The number of anilines is 1. The van der Waals surface area contributed by atoms with Crippen molar-refractivity contribution >= 4 is 5.69 Å². The molecule has 17 heavy (non-hydrogen) atoms. The van der Waals surface area contributed by atoms with Gasteiger partial charge in [0.15, 0.2) is 0 Å². The van der Waals surface area contributed by atoms with Crippen LogP contribution in [0.25, 0.3) is 0 Å². The van der Waals surface area contributed by atoms with Crippen LogP contribution < -0.4 is 5.32 Å². The zero-order chi connectivity index (χ0) is 12.5. The second-order valence-corrected chi connectivity index (χ2v) is 3.73. The summed E-state index contributed by atoms with van der Waals surface area (Å²) in [5.41, 5.74) is 2.64. The van der Waals surface area contributed by atoms with Gasteiger partial charge in [0.1, 0.15) is 6.07 Å². The summed E-state index contributed by atoms with van der Waals surface area (Å²) in [7, 11) is 0. The van der Waals surface area contributed by atoms with Crippen molar-refractivity contribution in [2.45, 2.75) is 13.3 Å². The van der Waals surface area contributed by atoms with E-state index in [-0.39, 0.29) is 6.61 Å². The van der Waals surface area contributed by atoms with E-state index in [4.69, 9.17) is 15.1 Å². The highest BCUT2D eigenvalue weighted by molar-refractivity contribution is 5.62. The van der Waals surface area contributed by atoms with Crippen LogP contribution in [0.5, 0.6) is 0 Å². The van der Waals surface area contributed by atoms with Crippen molar-refractivity contribution in [3.8, 4) is 6.07 Å². The van der Waals surface area contributed by atoms with Gasteiger partial charge in [0.05, 0.1) is 24.5 Å². The standard InChI is InChI=1S/C13H18N2O2/c1-11-4-2-5-12(10-14)13(11)15-6-3-8-17-9-7-16/h2,4-5,15-16H,3,6-9H2,1H3. The molecule has 0 saturated heterocycles. The molecule has 0 radical (unpaired) electrons. The lowest BCUT2D eigenvalue weighted by molar-refractivity contribution is 0.0922. The lowest BCUT2D eigenvalue weighted by atomic mass is 10.1. The number of rotatable bonds is 7. The van der Waals surface area contributed by atoms with Crippen LogP contribution in [-0.2, 0) is 4.74 Å². The van der Waals surface area contributed by atoms with Gasteiger partial charge in [0, 0.05) is 13.2 Å². The van der Waals surface area contributed by atoms with Gasteiger partial charge in [-0.3, -0.25) is 0 Å². The highest BCUT2D eigenvalue weighted by Crippen LogP contribution is 2.19. The zero-order valence-electron chi connectivity index (χ0n) is 10.1. The topological polar surface area (TPSA) is 65.3 Å². The second-order valence-electron chi connectivity index (χ2n) is 3.73. The molecule has 0 fully saturated rings. The molecule has 0 bridgehead atoms. The minimum Gasteiger partial charge on any atom is -0.394 e. The van der Waals surface area contributed by atoms with Crippen LogP contribution >= 0.6 is 0 Å². The number of aryl methyl sites for hydroxylation is 1. The van der Waals surface area contributed by atoms with Crippen LogP contribution in [0.15, 0.2) is 18.2 Å². The number of hydrogen-bond acceptors (Lipinski definition) is 4. The van der Waals surface area contributed by atoms with Gasteiger partial charge in [0.2, 0.25) is 0 Å². The molecule has 4 heteroatoms. The number of nitriles is 1. The summed E-state index contributed by atoms with van der Waals surface area (Å²) < 4.78 is 5.15. The molecule has 0 unspecified atom stereocenters. The number of nitrogens with zero attached hydrogens (tertiary/aromatic N) is 1. The van der Waals surface area contributed by atoms with Gasteiger partial charge in [-0.1, -0.05) is 12.1 Å². The van der Waals surface area contributed by atoms with E-state index in [1.165, 1.54) is 0 Å². The minimum atomic E-state index is 0.0593. The first-order chi connectivity index (χ1) is 8.29. The lowest BCUT2D eigenvalue weighted by Crippen LogP contribution is -2.09. The molecule has 0 amide bonds. The molecule has 0 heterocycles. The third-order valence-electron chi connectivity index (χ3n) is 2.40. The molecule has 0 aliphatic heterocycles. The van der Waals surface area contributed by atoms with Gasteiger partial charge in [-0.05, 0) is 25.0 Å². The Morgan fingerprint density at radius 3 is 2.94 bits per heavy atom. The summed E-state index contributed by atoms with van der Waals surface area (Å²) in [6.07, 6.45) is 0.846. The third-order valence-corrected chi connectivity index (χ3v) is 2.40. The second kappa shape index (κ2) is 7.66. The number of benzene rings is 1. The van der Waals surface area contributed by atoms with E-state index in [2.05, 4.69) is 11.4 Å². The fourth-order valence-corrected chi connectivity index (χ4v) is 1.55. The smallest absolute Gasteiger partial charge is 0.101 e. The van der Waals surface area contributed by atoms with E-state index in [1.54, 1.807) is 6.07 Å². The average molecular weight is 234 g/mol. The van der Waals surface area contributed by atoms with Crippen LogP contribution in [0.4, 0.5) is 5.69 Å². The van der Waals surface area contributed by atoms with Crippen molar-refractivity contribution in [1.82, 2.24) is 0 Å². The maximum atomic E-state index is 8.97. The molecule has 0 spiro atoms. The van der Waals surface area contributed by atoms with Gasteiger partial charge in [-0.2, -0.15) is 5.26 Å². The molecule has 1 aromatic carbocycles. The van der Waals surface area contributed by atoms with Crippen molar-refractivity contribution < 1.29 is 9.84 Å². The number of aliphatic hydroxyl groups excluding tert-OH is 1. The first kappa shape index (κ1) is 13.5. The summed E-state index contributed by atoms with van der Waals surface area (Å²) in [6, 6.07) is 7.83. The third kappa shape index (κ3) is 4.43. The Morgan fingerprint density at radius 2 is 2.24 bits per heavy atom. The number of para-hydroxylation sites is 1. The Labute approximate surface area is 102 Å². The fourth-order valence-electron chi connectivity index (χ4n) is 1.55. The summed E-state index contributed by atoms with van der Waals surface area (Å²) in [5, 5.41) is 20.7. The molecule has 0 aliphatic rings. The number of aliphatic hydroxyl groups is 1. The number of hydrogen-bond donors (Lipinski definition) is 2. The Bertz CT molecular complexity index is 385. The van der Waals surface area contributed by atoms with Crippen LogP contribution in [0.2, 0.25) is 0 Å². The molecule has 1 rings (SSSR count). The first-order valence-corrected chi connectivity index (χ1v) is 5.71. The van der Waals surface area contributed by atoms with Crippen LogP contribution in [0.3, 0.4) is 0 Å². The summed E-state index contributed by atoms with van der Waals surface area (Å²) in [6.45, 7) is 3.79. The molecular formula is C13H18N2O2. The maximum absolute atomic E-state index is 8.97. The molecule has 0 aromatic heterocycles. The summed E-state index contributed by atoms with van der Waals surface area (Å²) >= 11 is 0. The molecule has 0 atom stereocenters. The van der Waals surface area contributed by atoms with Crippen molar-refractivity contribution in [1.29, 1.82) is 5.26 Å². The molecule has 0 saturated carbocycles. The molecule has 0 aliphatic carbocycles. The van der Waals surface area contributed by atoms with Crippen LogP contribution in [0, 0.1) is 18.3 Å². The van der Waals surface area contributed by atoms with E-state index in [0.29, 0.717) is 18.8 Å². The van der Waals surface area contributed by atoms with Crippen molar-refractivity contribution in [2.75, 3.05) is 31.7 Å². The molecule has 4 nitrogen and oxygen atoms in total. The quantitative estimate of drug-likeness (QED) is 0.704. The summed E-state index contributed by atoms with van der Waals surface area (Å²) in [5.74, 6) is 0. The van der Waals surface area contributed by atoms with Gasteiger partial charge in [0.25, 0.3) is 0 Å². The Hall–Kier alpha value is -1.57. The number of ether oxygens (including phenoxy) is 1. The van der Waals surface area contributed by atoms with E-state index < -0.39 is 0 Å². The molecule has 1 aromatic rings. The lowest BCUT2D eigenvalue weighted by Gasteiger charge is -2.11. The predicted molar refractivity (Wildman–Crippen MR) is 66.9 cm³/mol. The van der Waals surface area contributed by atoms with Crippen molar-refractivity contribution in [2.24, 2.45) is 0 Å². The highest BCUT2D eigenvalue weighted by atomic mass is 16.5. The van der Waals surface area contributed by atoms with Gasteiger partial charge < -0.3 is 15.2 Å². The van der Waals surface area contributed by atoms with Gasteiger partial charge in [-0.15, -0.1) is 0 Å². The largest absolute Gasteiger partial charge is 0.394 e. The average Bonchev–Trinajstić information content (AvgIpc) is 2.35. The van der Waals surface area contributed by atoms with Crippen LogP contribution in [0.1, 0.15) is 17.5 Å². The Balaban J connectivity index is 2.39. The van der Waals surface area contributed by atoms with Gasteiger partial charge >= 0.3 is 0 Å². The van der Waals surface area contributed by atoms with E-state index in [1.807, 2.05) is 19.1 Å². The normalized spacial score (nSPS) is 9.94. The minimum absolute atomic E-state index is 0.0593. The summed E-state index contributed by atoms with van der Waals surface area (Å²) in [4.78, 5) is 0. The van der Waals surface area contributed by atoms with E-state index in [0.717, 1.165) is 24.2 Å². The van der Waals surface area contributed by atoms with Gasteiger partial charge in [-0.25, -0.2) is 0 Å². The first-order valence-electron chi connectivity index (χ1n) is 5.71. The molecular weight excluding hydrogens is 216 g/mol. The maximum Gasteiger partial charge on any atom is 0.101 e. The van der Waals surface area contributed by atoms with E-state index in [9.17, 15) is 0 Å². The van der Waals surface area contributed by atoms with Crippen molar-refractivity contribution in [3.05, 3.63) is 29.3 Å². The predicted octanol–water partition coefficient (Wildman–Crippen LogP) is 1.68. The zero-order valence-corrected chi connectivity index (χ0v) is 10.1. The fraction of sp³-hybridized carbons (Fsp3) is 0.462. The Morgan fingerprint density at radius 1 is 1.41 bits per heavy atom. The SMILES string of the molecule is Cc1cccc(C#N)c1NCCCOCCO. The monoisotopic (exact) mass is 234 g/mol. The van der Waals surface area contributed by atoms with Crippen molar-refractivity contribution in [3.63, 3.8) is 0 Å². The Kier molecular flexibility index (Phi) is 6.08. The molecule has 2 N–H and O–H groups in total.